The monoisotopic (exact) mass is 449 g/mol. The van der Waals surface area contributed by atoms with Gasteiger partial charge in [0.25, 0.3) is 10.1 Å². The quantitative estimate of drug-likeness (QED) is 0.300. The summed E-state index contributed by atoms with van der Waals surface area (Å²) < 4.78 is 32.1. The van der Waals surface area contributed by atoms with Crippen LogP contribution in [-0.2, 0) is 27.2 Å². The zero-order valence-corrected chi connectivity index (χ0v) is 17.0. The van der Waals surface area contributed by atoms with Crippen LogP contribution in [0.5, 0.6) is 11.5 Å². The summed E-state index contributed by atoms with van der Waals surface area (Å²) in [5, 5.41) is 29.5. The van der Waals surface area contributed by atoms with Gasteiger partial charge in [0.1, 0.15) is 17.1 Å². The fraction of sp³-hybridized carbons (Fsp3) is 0.158. The molecule has 0 aromatic heterocycles. The van der Waals surface area contributed by atoms with Crippen molar-refractivity contribution in [3.63, 3.8) is 0 Å². The molecule has 3 aromatic carbocycles. The zero-order chi connectivity index (χ0) is 19.9. The van der Waals surface area contributed by atoms with Gasteiger partial charge in [-0.25, -0.2) is 0 Å². The predicted molar refractivity (Wildman–Crippen MR) is 102 cm³/mol. The van der Waals surface area contributed by atoms with Crippen molar-refractivity contribution in [1.29, 1.82) is 0 Å². The van der Waals surface area contributed by atoms with Gasteiger partial charge in [-0.05, 0) is 73.2 Å². The van der Waals surface area contributed by atoms with Crippen molar-refractivity contribution in [2.75, 3.05) is 0 Å². The van der Waals surface area contributed by atoms with Crippen LogP contribution in [0.25, 0.3) is 10.8 Å². The molecule has 7 nitrogen and oxygen atoms in total. The second-order valence-corrected chi connectivity index (χ2v) is 7.82. The maximum atomic E-state index is 11.4. The first-order valence-corrected chi connectivity index (χ1v) is 9.47. The minimum atomic E-state index is -4.36. The van der Waals surface area contributed by atoms with Crippen LogP contribution in [-0.4, -0.2) is 23.2 Å². The third-order valence-electron chi connectivity index (χ3n) is 4.23. The molecule has 3 aromatic rings. The molecule has 0 heterocycles. The summed E-state index contributed by atoms with van der Waals surface area (Å²) in [6.07, 6.45) is 0. The molecule has 3 rings (SSSR count). The van der Waals surface area contributed by atoms with Gasteiger partial charge in [0, 0.05) is 22.5 Å². The fourth-order valence-electron chi connectivity index (χ4n) is 2.92. The standard InChI is InChI=1S/C19H18N2O5S.Cu/c1-10-4-5-16(22)15(6-10)20-21-18-12(3)7-13-9-14(27(24,25)26)8-11(2)17(13)19(18)23;/h4-9,22-23H,1-3H3,(H,24,25,26);. The Balaban J connectivity index is 0.00000280. The van der Waals surface area contributed by atoms with Gasteiger partial charge in [0.15, 0.2) is 5.75 Å². The van der Waals surface area contributed by atoms with E-state index in [1.807, 2.05) is 6.92 Å². The fourth-order valence-corrected chi connectivity index (χ4v) is 3.52. The van der Waals surface area contributed by atoms with Gasteiger partial charge in [-0.3, -0.25) is 4.55 Å². The van der Waals surface area contributed by atoms with Crippen molar-refractivity contribution in [2.24, 2.45) is 10.2 Å². The van der Waals surface area contributed by atoms with E-state index in [9.17, 15) is 23.2 Å². The summed E-state index contributed by atoms with van der Waals surface area (Å²) in [6, 6.07) is 9.13. The summed E-state index contributed by atoms with van der Waals surface area (Å²) in [6.45, 7) is 5.17. The molecule has 0 spiro atoms. The van der Waals surface area contributed by atoms with Crippen LogP contribution in [0.1, 0.15) is 16.7 Å². The molecule has 0 fully saturated rings. The van der Waals surface area contributed by atoms with Gasteiger partial charge in [0.05, 0.1) is 4.90 Å². The Kier molecular flexibility index (Phi) is 6.15. The van der Waals surface area contributed by atoms with Crippen LogP contribution in [0.15, 0.2) is 51.5 Å². The molecular weight excluding hydrogens is 432 g/mol. The predicted octanol–water partition coefficient (Wildman–Crippen LogP) is 4.84. The summed E-state index contributed by atoms with van der Waals surface area (Å²) in [5.41, 5.74) is 2.41. The van der Waals surface area contributed by atoms with E-state index >= 15 is 0 Å². The second-order valence-electron chi connectivity index (χ2n) is 6.40. The molecule has 0 saturated heterocycles. The Bertz CT molecular complexity index is 1210. The SMILES string of the molecule is Cc1ccc(O)c(N=Nc2c(C)cc3cc(S(=O)(=O)O)cc(C)c3c2O)c1.[Cu]. The topological polar surface area (TPSA) is 120 Å². The van der Waals surface area contributed by atoms with Crippen molar-refractivity contribution in [1.82, 2.24) is 0 Å². The molecule has 0 aliphatic carbocycles. The van der Waals surface area contributed by atoms with Gasteiger partial charge in [-0.15, -0.1) is 10.2 Å². The first-order chi connectivity index (χ1) is 12.6. The second kappa shape index (κ2) is 7.89. The number of hydrogen-bond acceptors (Lipinski definition) is 6. The Labute approximate surface area is 173 Å². The van der Waals surface area contributed by atoms with Gasteiger partial charge >= 0.3 is 0 Å². The molecule has 0 aliphatic rings. The number of phenolic OH excluding ortho intramolecular Hbond substituents is 2. The van der Waals surface area contributed by atoms with E-state index in [-0.39, 0.29) is 44.8 Å². The first kappa shape index (κ1) is 21.8. The smallest absolute Gasteiger partial charge is 0.294 e. The molecule has 151 valence electrons. The summed E-state index contributed by atoms with van der Waals surface area (Å²) in [5.74, 6) is -0.184. The normalized spacial score (nSPS) is 11.7. The zero-order valence-electron chi connectivity index (χ0n) is 15.2. The largest absolute Gasteiger partial charge is 0.506 e. The van der Waals surface area contributed by atoms with E-state index in [0.29, 0.717) is 21.9 Å². The summed E-state index contributed by atoms with van der Waals surface area (Å²) in [4.78, 5) is -0.245. The minimum absolute atomic E-state index is 0. The summed E-state index contributed by atoms with van der Waals surface area (Å²) in [7, 11) is -4.36. The van der Waals surface area contributed by atoms with Crippen molar-refractivity contribution >= 4 is 32.3 Å². The van der Waals surface area contributed by atoms with E-state index in [0.717, 1.165) is 5.56 Å². The first-order valence-electron chi connectivity index (χ1n) is 8.03. The maximum absolute atomic E-state index is 11.4. The third-order valence-corrected chi connectivity index (χ3v) is 5.06. The summed E-state index contributed by atoms with van der Waals surface area (Å²) >= 11 is 0. The van der Waals surface area contributed by atoms with Gasteiger partial charge in [-0.2, -0.15) is 8.42 Å². The van der Waals surface area contributed by atoms with Crippen molar-refractivity contribution < 1.29 is 40.3 Å². The van der Waals surface area contributed by atoms with E-state index < -0.39 is 10.1 Å². The Hall–Kier alpha value is -2.45. The Morgan fingerprint density at radius 1 is 0.893 bits per heavy atom. The van der Waals surface area contributed by atoms with Crippen LogP contribution in [0.4, 0.5) is 11.4 Å². The van der Waals surface area contributed by atoms with Crippen LogP contribution in [0, 0.1) is 20.8 Å². The Morgan fingerprint density at radius 2 is 1.57 bits per heavy atom. The number of fused-ring (bicyclic) bond motifs is 1. The van der Waals surface area contributed by atoms with Gasteiger partial charge in [-0.1, -0.05) is 6.07 Å². The van der Waals surface area contributed by atoms with E-state index in [2.05, 4.69) is 10.2 Å². The molecule has 28 heavy (non-hydrogen) atoms. The minimum Gasteiger partial charge on any atom is -0.506 e. The third kappa shape index (κ3) is 4.18. The molecule has 1 radical (unpaired) electrons. The molecule has 0 amide bonds. The number of rotatable bonds is 3. The van der Waals surface area contributed by atoms with Crippen LogP contribution in [0.3, 0.4) is 0 Å². The molecule has 0 atom stereocenters. The van der Waals surface area contributed by atoms with Gasteiger partial charge < -0.3 is 10.2 Å². The number of hydrogen-bond donors (Lipinski definition) is 3. The van der Waals surface area contributed by atoms with Crippen molar-refractivity contribution in [2.45, 2.75) is 25.7 Å². The number of phenols is 2. The number of benzene rings is 3. The molecular formula is C19H18CuN2O5S. The molecule has 0 unspecified atom stereocenters. The van der Waals surface area contributed by atoms with Crippen LogP contribution in [0.2, 0.25) is 0 Å². The van der Waals surface area contributed by atoms with Crippen molar-refractivity contribution in [3.8, 4) is 11.5 Å². The molecule has 0 aliphatic heterocycles. The van der Waals surface area contributed by atoms with Crippen LogP contribution < -0.4 is 0 Å². The van der Waals surface area contributed by atoms with E-state index in [1.165, 1.54) is 18.2 Å². The molecule has 3 N–H and O–H groups in total. The molecule has 9 heteroatoms. The van der Waals surface area contributed by atoms with E-state index in [4.69, 9.17) is 0 Å². The number of azo groups is 1. The van der Waals surface area contributed by atoms with Crippen molar-refractivity contribution in [3.05, 3.63) is 53.1 Å². The van der Waals surface area contributed by atoms with E-state index in [1.54, 1.807) is 32.0 Å². The number of aryl methyl sites for hydroxylation is 3. The number of aromatic hydroxyl groups is 2. The Morgan fingerprint density at radius 3 is 2.21 bits per heavy atom. The van der Waals surface area contributed by atoms with Gasteiger partial charge in [0.2, 0.25) is 0 Å². The van der Waals surface area contributed by atoms with Crippen LogP contribution >= 0.6 is 0 Å². The molecule has 0 saturated carbocycles. The number of nitrogens with zero attached hydrogens (tertiary/aromatic N) is 2. The molecule has 0 bridgehead atoms. The average molecular weight is 450 g/mol. The maximum Gasteiger partial charge on any atom is 0.294 e. The average Bonchev–Trinajstić information content (AvgIpc) is 2.56.